The van der Waals surface area contributed by atoms with Gasteiger partial charge in [0.05, 0.1) is 6.54 Å². The molecule has 1 aliphatic carbocycles. The molecule has 1 saturated carbocycles. The van der Waals surface area contributed by atoms with Gasteiger partial charge in [-0.05, 0) is 50.8 Å². The average molecular weight is 441 g/mol. The number of thiophene rings is 1. The summed E-state index contributed by atoms with van der Waals surface area (Å²) in [7, 11) is 0. The Labute approximate surface area is 191 Å². The van der Waals surface area contributed by atoms with Crippen molar-refractivity contribution in [1.82, 2.24) is 9.80 Å². The van der Waals surface area contributed by atoms with E-state index in [9.17, 15) is 9.59 Å². The van der Waals surface area contributed by atoms with Gasteiger partial charge >= 0.3 is 0 Å². The van der Waals surface area contributed by atoms with Crippen LogP contribution in [0.25, 0.3) is 0 Å². The van der Waals surface area contributed by atoms with E-state index in [4.69, 9.17) is 0 Å². The second-order valence-electron chi connectivity index (χ2n) is 8.81. The number of carbonyl (C=O) groups is 2. The van der Waals surface area contributed by atoms with Crippen LogP contribution >= 0.6 is 11.3 Å². The van der Waals surface area contributed by atoms with Crippen LogP contribution in [-0.2, 0) is 22.7 Å². The van der Waals surface area contributed by atoms with Crippen molar-refractivity contribution in [2.45, 2.75) is 78.4 Å². The fourth-order valence-electron chi connectivity index (χ4n) is 4.30. The van der Waals surface area contributed by atoms with Crippen molar-refractivity contribution in [3.63, 3.8) is 0 Å². The van der Waals surface area contributed by atoms with Crippen LogP contribution in [0.5, 0.6) is 0 Å². The van der Waals surface area contributed by atoms with Gasteiger partial charge in [0.15, 0.2) is 0 Å². The third kappa shape index (κ3) is 6.67. The van der Waals surface area contributed by atoms with Crippen LogP contribution in [-0.4, -0.2) is 34.2 Å². The van der Waals surface area contributed by atoms with Gasteiger partial charge in [0.2, 0.25) is 11.8 Å². The lowest BCUT2D eigenvalue weighted by molar-refractivity contribution is -0.146. The van der Waals surface area contributed by atoms with Crippen molar-refractivity contribution in [1.29, 1.82) is 0 Å². The highest BCUT2D eigenvalue weighted by Crippen LogP contribution is 2.27. The maximum atomic E-state index is 13.5. The summed E-state index contributed by atoms with van der Waals surface area (Å²) in [6, 6.07) is 14.4. The molecule has 1 aliphatic rings. The van der Waals surface area contributed by atoms with Gasteiger partial charge in [-0.15, -0.1) is 11.3 Å². The number of hydrogen-bond donors (Lipinski definition) is 0. The van der Waals surface area contributed by atoms with E-state index in [-0.39, 0.29) is 30.3 Å². The van der Waals surface area contributed by atoms with Gasteiger partial charge < -0.3 is 9.80 Å². The summed E-state index contributed by atoms with van der Waals surface area (Å²) in [6.07, 6.45) is 6.24. The van der Waals surface area contributed by atoms with Crippen LogP contribution in [0.1, 0.15) is 67.7 Å². The fourth-order valence-corrected chi connectivity index (χ4v) is 5.20. The molecule has 3 rings (SSSR count). The van der Waals surface area contributed by atoms with Crippen LogP contribution in [0.15, 0.2) is 42.5 Å². The average Bonchev–Trinajstić information content (AvgIpc) is 3.21. The first-order chi connectivity index (χ1) is 15.0. The SMILES string of the molecule is CCC(C)N(CC(=O)N(Cc1ccccc1)Cc1ccc(C)s1)C(=O)C1CCCCC1. The minimum absolute atomic E-state index is 0.0272. The van der Waals surface area contributed by atoms with Crippen LogP contribution in [0, 0.1) is 12.8 Å². The Hall–Kier alpha value is -2.14. The molecule has 2 amide bonds. The van der Waals surface area contributed by atoms with Crippen molar-refractivity contribution in [3.05, 3.63) is 57.8 Å². The number of aryl methyl sites for hydroxylation is 1. The first-order valence-corrected chi connectivity index (χ1v) is 12.5. The van der Waals surface area contributed by atoms with Gasteiger partial charge in [-0.1, -0.05) is 56.5 Å². The van der Waals surface area contributed by atoms with Crippen molar-refractivity contribution < 1.29 is 9.59 Å². The van der Waals surface area contributed by atoms with E-state index in [1.165, 1.54) is 16.2 Å². The van der Waals surface area contributed by atoms with Crippen molar-refractivity contribution in [3.8, 4) is 0 Å². The monoisotopic (exact) mass is 440 g/mol. The zero-order valence-electron chi connectivity index (χ0n) is 19.2. The molecular weight excluding hydrogens is 404 g/mol. The van der Waals surface area contributed by atoms with Gasteiger partial charge in [0.1, 0.15) is 6.54 Å². The molecule has 0 saturated heterocycles. The molecule has 1 atom stereocenters. The predicted molar refractivity (Wildman–Crippen MR) is 128 cm³/mol. The van der Waals surface area contributed by atoms with Crippen LogP contribution < -0.4 is 0 Å². The first-order valence-electron chi connectivity index (χ1n) is 11.7. The number of nitrogens with zero attached hydrogens (tertiary/aromatic N) is 2. The Kier molecular flexibility index (Phi) is 8.70. The lowest BCUT2D eigenvalue weighted by atomic mass is 9.88. The van der Waals surface area contributed by atoms with Crippen LogP contribution in [0.3, 0.4) is 0 Å². The van der Waals surface area contributed by atoms with Gasteiger partial charge in [0, 0.05) is 28.3 Å². The van der Waals surface area contributed by atoms with Crippen LogP contribution in [0.4, 0.5) is 0 Å². The lowest BCUT2D eigenvalue weighted by Gasteiger charge is -2.34. The molecule has 168 valence electrons. The highest BCUT2D eigenvalue weighted by atomic mass is 32.1. The van der Waals surface area contributed by atoms with E-state index in [1.807, 2.05) is 28.0 Å². The van der Waals surface area contributed by atoms with E-state index in [2.05, 4.69) is 45.0 Å². The molecule has 31 heavy (non-hydrogen) atoms. The third-order valence-corrected chi connectivity index (χ3v) is 7.36. The van der Waals surface area contributed by atoms with E-state index in [1.54, 1.807) is 11.3 Å². The molecular formula is C26H36N2O2S. The largest absolute Gasteiger partial charge is 0.332 e. The number of rotatable bonds is 9. The number of carbonyl (C=O) groups excluding carboxylic acids is 2. The molecule has 0 radical (unpaired) electrons. The lowest BCUT2D eigenvalue weighted by Crippen LogP contribution is -2.48. The number of benzene rings is 1. The van der Waals surface area contributed by atoms with Gasteiger partial charge in [-0.2, -0.15) is 0 Å². The molecule has 2 aromatic rings. The summed E-state index contributed by atoms with van der Waals surface area (Å²) < 4.78 is 0. The predicted octanol–water partition coefficient (Wildman–Crippen LogP) is 5.79. The minimum Gasteiger partial charge on any atom is -0.332 e. The van der Waals surface area contributed by atoms with Gasteiger partial charge in [-0.25, -0.2) is 0 Å². The maximum Gasteiger partial charge on any atom is 0.242 e. The summed E-state index contributed by atoms with van der Waals surface area (Å²) in [6.45, 7) is 7.55. The summed E-state index contributed by atoms with van der Waals surface area (Å²) in [4.78, 5) is 33.0. The van der Waals surface area contributed by atoms with Crippen molar-refractivity contribution >= 4 is 23.2 Å². The molecule has 1 fully saturated rings. The normalized spacial score (nSPS) is 15.5. The van der Waals surface area contributed by atoms with E-state index in [0.717, 1.165) is 37.7 Å². The first kappa shape index (κ1) is 23.5. The van der Waals surface area contributed by atoms with Crippen molar-refractivity contribution in [2.24, 2.45) is 5.92 Å². The third-order valence-electron chi connectivity index (χ3n) is 6.38. The molecule has 0 aliphatic heterocycles. The Morgan fingerprint density at radius 2 is 1.74 bits per heavy atom. The molecule has 0 bridgehead atoms. The van der Waals surface area contributed by atoms with E-state index < -0.39 is 0 Å². The maximum absolute atomic E-state index is 13.5. The zero-order chi connectivity index (χ0) is 22.2. The molecule has 0 N–H and O–H groups in total. The van der Waals surface area contributed by atoms with E-state index >= 15 is 0 Å². The quantitative estimate of drug-likeness (QED) is 0.495. The van der Waals surface area contributed by atoms with Crippen LogP contribution in [0.2, 0.25) is 0 Å². The topological polar surface area (TPSA) is 40.6 Å². The summed E-state index contributed by atoms with van der Waals surface area (Å²) in [5.41, 5.74) is 1.11. The number of amides is 2. The second kappa shape index (κ2) is 11.5. The molecule has 1 aromatic heterocycles. The summed E-state index contributed by atoms with van der Waals surface area (Å²) in [5.74, 6) is 0.284. The molecule has 5 heteroatoms. The Morgan fingerprint density at radius 1 is 1.03 bits per heavy atom. The molecule has 1 aromatic carbocycles. The Morgan fingerprint density at radius 3 is 2.35 bits per heavy atom. The summed E-state index contributed by atoms with van der Waals surface area (Å²) >= 11 is 1.73. The standard InChI is InChI=1S/C26H36N2O2S/c1-4-20(2)28(26(30)23-13-9-6-10-14-23)19-25(29)27(17-22-11-7-5-8-12-22)18-24-16-15-21(3)31-24/h5,7-8,11-12,15-16,20,23H,4,6,9-10,13-14,17-19H2,1-3H3. The highest BCUT2D eigenvalue weighted by Gasteiger charge is 2.31. The fraction of sp³-hybridized carbons (Fsp3) is 0.538. The van der Waals surface area contributed by atoms with Crippen molar-refractivity contribution in [2.75, 3.05) is 6.54 Å². The minimum atomic E-state index is 0.0272. The second-order valence-corrected chi connectivity index (χ2v) is 10.2. The van der Waals surface area contributed by atoms with Gasteiger partial charge in [0.25, 0.3) is 0 Å². The molecule has 1 heterocycles. The molecule has 1 unspecified atom stereocenters. The molecule has 0 spiro atoms. The summed E-state index contributed by atoms with van der Waals surface area (Å²) in [5, 5.41) is 0. The smallest absolute Gasteiger partial charge is 0.242 e. The zero-order valence-corrected chi connectivity index (χ0v) is 20.0. The van der Waals surface area contributed by atoms with Gasteiger partial charge in [-0.3, -0.25) is 9.59 Å². The molecule has 4 nitrogen and oxygen atoms in total. The Balaban J connectivity index is 1.77. The highest BCUT2D eigenvalue weighted by molar-refractivity contribution is 7.11. The van der Waals surface area contributed by atoms with E-state index in [0.29, 0.717) is 13.1 Å². The number of hydrogen-bond acceptors (Lipinski definition) is 3. The Bertz CT molecular complexity index is 842.